The van der Waals surface area contributed by atoms with E-state index >= 15 is 0 Å². The molecule has 1 aliphatic heterocycles. The van der Waals surface area contributed by atoms with Crippen LogP contribution < -0.4 is 4.74 Å². The zero-order chi connectivity index (χ0) is 21.3. The molecule has 0 amide bonds. The van der Waals surface area contributed by atoms with Crippen LogP contribution in [-0.2, 0) is 26.2 Å². The number of unbranched alkanes of at least 4 members (excludes halogenated alkanes) is 2. The summed E-state index contributed by atoms with van der Waals surface area (Å²) in [6.07, 6.45) is 5.57. The van der Waals surface area contributed by atoms with Crippen LogP contribution >= 0.6 is 0 Å². The molecule has 0 bridgehead atoms. The average molecular weight is 416 g/mol. The zero-order valence-corrected chi connectivity index (χ0v) is 18.5. The standard InChI is InChI=1S/C27H33N3O/c1-31-27-15-6-5-13-25(27)21-30(22-26-14-7-8-16-28-26)18-10-2-9-17-29-19-23-11-3-4-12-24(23)20-29/h3-8,11-16H,2,9-10,17-22H2,1H3. The average Bonchev–Trinajstić information content (AvgIpc) is 3.22. The number of methoxy groups -OCH3 is 1. The second-order valence-electron chi connectivity index (χ2n) is 8.38. The topological polar surface area (TPSA) is 28.6 Å². The lowest BCUT2D eigenvalue weighted by Crippen LogP contribution is -2.25. The summed E-state index contributed by atoms with van der Waals surface area (Å²) in [5.41, 5.74) is 5.35. The number of aromatic nitrogens is 1. The van der Waals surface area contributed by atoms with Gasteiger partial charge in [-0.15, -0.1) is 0 Å². The minimum atomic E-state index is 0.861. The smallest absolute Gasteiger partial charge is 0.123 e. The van der Waals surface area contributed by atoms with Crippen molar-refractivity contribution in [2.45, 2.75) is 45.4 Å². The molecule has 4 rings (SSSR count). The first-order valence-electron chi connectivity index (χ1n) is 11.3. The summed E-state index contributed by atoms with van der Waals surface area (Å²) in [5, 5.41) is 0. The first-order valence-corrected chi connectivity index (χ1v) is 11.3. The molecule has 4 heteroatoms. The fraction of sp³-hybridized carbons (Fsp3) is 0.370. The molecule has 1 aliphatic rings. The fourth-order valence-electron chi connectivity index (χ4n) is 4.42. The van der Waals surface area contributed by atoms with E-state index in [0.29, 0.717) is 0 Å². The number of hydrogen-bond donors (Lipinski definition) is 0. The van der Waals surface area contributed by atoms with Gasteiger partial charge in [-0.2, -0.15) is 0 Å². The summed E-state index contributed by atoms with van der Waals surface area (Å²) >= 11 is 0. The molecular weight excluding hydrogens is 382 g/mol. The Labute approximate surface area is 186 Å². The molecule has 2 aromatic carbocycles. The Morgan fingerprint density at radius 1 is 0.839 bits per heavy atom. The summed E-state index contributed by atoms with van der Waals surface area (Å²) in [7, 11) is 1.75. The minimum absolute atomic E-state index is 0.861. The molecule has 162 valence electrons. The van der Waals surface area contributed by atoms with Crippen molar-refractivity contribution in [2.75, 3.05) is 20.2 Å². The van der Waals surface area contributed by atoms with Crippen LogP contribution in [0.5, 0.6) is 5.75 Å². The van der Waals surface area contributed by atoms with Crippen LogP contribution in [0.4, 0.5) is 0 Å². The van der Waals surface area contributed by atoms with E-state index in [-0.39, 0.29) is 0 Å². The molecule has 0 radical (unpaired) electrons. The van der Waals surface area contributed by atoms with E-state index in [1.54, 1.807) is 7.11 Å². The molecule has 1 aromatic heterocycles. The van der Waals surface area contributed by atoms with Gasteiger partial charge < -0.3 is 4.74 Å². The molecule has 0 fully saturated rings. The summed E-state index contributed by atoms with van der Waals surface area (Å²) in [5.74, 6) is 0.960. The lowest BCUT2D eigenvalue weighted by atomic mass is 10.1. The first kappa shape index (κ1) is 21.5. The van der Waals surface area contributed by atoms with Crippen molar-refractivity contribution in [3.8, 4) is 5.75 Å². The van der Waals surface area contributed by atoms with Gasteiger partial charge in [-0.3, -0.25) is 14.8 Å². The maximum absolute atomic E-state index is 5.58. The number of nitrogens with zero attached hydrogens (tertiary/aromatic N) is 3. The third kappa shape index (κ3) is 6.16. The SMILES string of the molecule is COc1ccccc1CN(CCCCCN1Cc2ccccc2C1)Cc1ccccn1. The second-order valence-corrected chi connectivity index (χ2v) is 8.38. The monoisotopic (exact) mass is 415 g/mol. The van der Waals surface area contributed by atoms with Crippen molar-refractivity contribution in [1.82, 2.24) is 14.8 Å². The van der Waals surface area contributed by atoms with Crippen LogP contribution in [0, 0.1) is 0 Å². The Balaban J connectivity index is 1.27. The molecule has 0 spiro atoms. The molecule has 3 aromatic rings. The Morgan fingerprint density at radius 3 is 2.32 bits per heavy atom. The van der Waals surface area contributed by atoms with Crippen molar-refractivity contribution in [3.63, 3.8) is 0 Å². The number of pyridine rings is 1. The maximum Gasteiger partial charge on any atom is 0.123 e. The lowest BCUT2D eigenvalue weighted by molar-refractivity contribution is 0.236. The predicted molar refractivity (Wildman–Crippen MR) is 126 cm³/mol. The Bertz CT molecular complexity index is 919. The molecule has 0 saturated carbocycles. The molecule has 0 aliphatic carbocycles. The number of para-hydroxylation sites is 1. The van der Waals surface area contributed by atoms with Gasteiger partial charge in [0.15, 0.2) is 0 Å². The van der Waals surface area contributed by atoms with E-state index in [1.807, 2.05) is 24.4 Å². The molecule has 2 heterocycles. The van der Waals surface area contributed by atoms with Crippen molar-refractivity contribution in [1.29, 1.82) is 0 Å². The number of rotatable bonds is 11. The van der Waals surface area contributed by atoms with Gasteiger partial charge in [0.05, 0.1) is 12.8 Å². The van der Waals surface area contributed by atoms with E-state index in [4.69, 9.17) is 4.74 Å². The number of fused-ring (bicyclic) bond motifs is 1. The number of hydrogen-bond acceptors (Lipinski definition) is 4. The van der Waals surface area contributed by atoms with E-state index in [9.17, 15) is 0 Å². The summed E-state index contributed by atoms with van der Waals surface area (Å²) in [4.78, 5) is 9.61. The molecule has 4 nitrogen and oxygen atoms in total. The van der Waals surface area contributed by atoms with Crippen LogP contribution in [0.2, 0.25) is 0 Å². The van der Waals surface area contributed by atoms with E-state index in [2.05, 4.69) is 63.3 Å². The van der Waals surface area contributed by atoms with Crippen LogP contribution in [0.15, 0.2) is 72.9 Å². The van der Waals surface area contributed by atoms with Gasteiger partial charge in [0, 0.05) is 37.9 Å². The van der Waals surface area contributed by atoms with E-state index in [1.165, 1.54) is 42.5 Å². The molecular formula is C27H33N3O. The van der Waals surface area contributed by atoms with Gasteiger partial charge in [0.1, 0.15) is 5.75 Å². The molecule has 0 N–H and O–H groups in total. The molecule has 0 atom stereocenters. The van der Waals surface area contributed by atoms with Crippen molar-refractivity contribution >= 4 is 0 Å². The highest BCUT2D eigenvalue weighted by Gasteiger charge is 2.17. The predicted octanol–water partition coefficient (Wildman–Crippen LogP) is 5.28. The van der Waals surface area contributed by atoms with Gasteiger partial charge in [0.25, 0.3) is 0 Å². The highest BCUT2D eigenvalue weighted by Crippen LogP contribution is 2.23. The van der Waals surface area contributed by atoms with Gasteiger partial charge in [-0.25, -0.2) is 0 Å². The van der Waals surface area contributed by atoms with Crippen molar-refractivity contribution in [2.24, 2.45) is 0 Å². The summed E-state index contributed by atoms with van der Waals surface area (Å²) in [6, 6.07) is 23.3. The van der Waals surface area contributed by atoms with Gasteiger partial charge in [-0.05, 0) is 55.3 Å². The Kier molecular flexibility index (Phi) is 7.70. The normalized spacial score (nSPS) is 13.5. The highest BCUT2D eigenvalue weighted by molar-refractivity contribution is 5.33. The van der Waals surface area contributed by atoms with Crippen LogP contribution in [0.1, 0.15) is 41.6 Å². The lowest BCUT2D eigenvalue weighted by Gasteiger charge is -2.23. The third-order valence-electron chi connectivity index (χ3n) is 6.05. The summed E-state index contributed by atoms with van der Waals surface area (Å²) < 4.78 is 5.58. The van der Waals surface area contributed by atoms with E-state index < -0.39 is 0 Å². The fourth-order valence-corrected chi connectivity index (χ4v) is 4.42. The quantitative estimate of drug-likeness (QED) is 0.399. The third-order valence-corrected chi connectivity index (χ3v) is 6.05. The highest BCUT2D eigenvalue weighted by atomic mass is 16.5. The molecule has 0 unspecified atom stereocenters. The number of ether oxygens (including phenoxy) is 1. The van der Waals surface area contributed by atoms with Crippen molar-refractivity contribution < 1.29 is 4.74 Å². The minimum Gasteiger partial charge on any atom is -0.496 e. The molecule has 0 saturated heterocycles. The summed E-state index contributed by atoms with van der Waals surface area (Å²) in [6.45, 7) is 6.20. The number of benzene rings is 2. The van der Waals surface area contributed by atoms with Gasteiger partial charge in [-0.1, -0.05) is 55.0 Å². The first-order chi connectivity index (χ1) is 15.3. The zero-order valence-electron chi connectivity index (χ0n) is 18.5. The molecule has 31 heavy (non-hydrogen) atoms. The maximum atomic E-state index is 5.58. The van der Waals surface area contributed by atoms with E-state index in [0.717, 1.165) is 44.2 Å². The second kappa shape index (κ2) is 11.1. The van der Waals surface area contributed by atoms with Crippen LogP contribution in [0.3, 0.4) is 0 Å². The van der Waals surface area contributed by atoms with Crippen LogP contribution in [0.25, 0.3) is 0 Å². The Hall–Kier alpha value is -2.69. The van der Waals surface area contributed by atoms with Gasteiger partial charge >= 0.3 is 0 Å². The van der Waals surface area contributed by atoms with Gasteiger partial charge in [0.2, 0.25) is 0 Å². The largest absolute Gasteiger partial charge is 0.496 e. The van der Waals surface area contributed by atoms with Crippen molar-refractivity contribution in [3.05, 3.63) is 95.3 Å². The Morgan fingerprint density at radius 2 is 1.58 bits per heavy atom. The van der Waals surface area contributed by atoms with Crippen LogP contribution in [-0.4, -0.2) is 35.0 Å².